The third kappa shape index (κ3) is 1.56. The van der Waals surface area contributed by atoms with Crippen molar-refractivity contribution < 1.29 is 4.74 Å². The molecule has 0 fully saturated rings. The number of benzene rings is 1. The monoisotopic (exact) mass is 218 g/mol. The summed E-state index contributed by atoms with van der Waals surface area (Å²) in [6.45, 7) is 6.43. The van der Waals surface area contributed by atoms with Crippen LogP contribution in [0.4, 0.5) is 0 Å². The molecule has 0 spiro atoms. The van der Waals surface area contributed by atoms with E-state index in [0.717, 1.165) is 16.8 Å². The number of aryl methyl sites for hydroxylation is 2. The van der Waals surface area contributed by atoms with Crippen LogP contribution in [0.1, 0.15) is 30.9 Å². The number of aromatic nitrogens is 2. The maximum absolute atomic E-state index is 5.51. The van der Waals surface area contributed by atoms with Gasteiger partial charge in [-0.15, -0.1) is 0 Å². The molecule has 3 nitrogen and oxygen atoms in total. The van der Waals surface area contributed by atoms with Crippen LogP contribution in [0.15, 0.2) is 12.3 Å². The highest BCUT2D eigenvalue weighted by molar-refractivity contribution is 5.85. The molecule has 3 heteroatoms. The SMILES string of the molecule is COc1c(C(C)C)cc2cn(C)nc2c1C. The van der Waals surface area contributed by atoms with Gasteiger partial charge in [0.2, 0.25) is 0 Å². The smallest absolute Gasteiger partial charge is 0.127 e. The average molecular weight is 218 g/mol. The lowest BCUT2D eigenvalue weighted by molar-refractivity contribution is 0.405. The Morgan fingerprint density at radius 2 is 2.06 bits per heavy atom. The summed E-state index contributed by atoms with van der Waals surface area (Å²) in [6.07, 6.45) is 2.05. The lowest BCUT2D eigenvalue weighted by Gasteiger charge is -2.14. The van der Waals surface area contributed by atoms with Gasteiger partial charge >= 0.3 is 0 Å². The molecule has 0 N–H and O–H groups in total. The Morgan fingerprint density at radius 1 is 1.38 bits per heavy atom. The third-order valence-corrected chi connectivity index (χ3v) is 2.95. The molecule has 0 aliphatic carbocycles. The zero-order valence-electron chi connectivity index (χ0n) is 10.5. The largest absolute Gasteiger partial charge is 0.496 e. The maximum Gasteiger partial charge on any atom is 0.127 e. The minimum atomic E-state index is 0.457. The molecule has 0 amide bonds. The molecule has 0 saturated carbocycles. The Bertz CT molecular complexity index is 526. The van der Waals surface area contributed by atoms with Gasteiger partial charge in [-0.25, -0.2) is 0 Å². The second kappa shape index (κ2) is 3.81. The number of hydrogen-bond donors (Lipinski definition) is 0. The molecule has 0 bridgehead atoms. The van der Waals surface area contributed by atoms with Crippen LogP contribution in [0.5, 0.6) is 5.75 Å². The van der Waals surface area contributed by atoms with E-state index in [-0.39, 0.29) is 0 Å². The number of hydrogen-bond acceptors (Lipinski definition) is 2. The van der Waals surface area contributed by atoms with E-state index in [9.17, 15) is 0 Å². The standard InChI is InChI=1S/C13H18N2O/c1-8(2)11-6-10-7-15(4)14-12(10)9(3)13(11)16-5/h6-8H,1-5H3. The fourth-order valence-corrected chi connectivity index (χ4v) is 2.16. The zero-order chi connectivity index (χ0) is 11.9. The summed E-state index contributed by atoms with van der Waals surface area (Å²) in [5.74, 6) is 1.43. The third-order valence-electron chi connectivity index (χ3n) is 2.95. The van der Waals surface area contributed by atoms with Crippen LogP contribution >= 0.6 is 0 Å². The molecular formula is C13H18N2O. The van der Waals surface area contributed by atoms with E-state index in [1.54, 1.807) is 7.11 Å². The molecule has 0 radical (unpaired) electrons. The summed E-state index contributed by atoms with van der Waals surface area (Å²) in [5, 5.41) is 5.64. The fourth-order valence-electron chi connectivity index (χ4n) is 2.16. The van der Waals surface area contributed by atoms with Gasteiger partial charge < -0.3 is 4.74 Å². The molecule has 1 aromatic heterocycles. The van der Waals surface area contributed by atoms with Crippen molar-refractivity contribution in [1.29, 1.82) is 0 Å². The number of rotatable bonds is 2. The lowest BCUT2D eigenvalue weighted by atomic mass is 9.97. The van der Waals surface area contributed by atoms with Crippen LogP contribution < -0.4 is 4.74 Å². The van der Waals surface area contributed by atoms with Crippen LogP contribution in [-0.4, -0.2) is 16.9 Å². The normalized spacial score (nSPS) is 11.4. The second-order valence-corrected chi connectivity index (χ2v) is 4.52. The topological polar surface area (TPSA) is 27.1 Å². The molecule has 1 heterocycles. The summed E-state index contributed by atoms with van der Waals surface area (Å²) in [6, 6.07) is 2.18. The minimum absolute atomic E-state index is 0.457. The predicted molar refractivity (Wildman–Crippen MR) is 66.1 cm³/mol. The summed E-state index contributed by atoms with van der Waals surface area (Å²) < 4.78 is 7.35. The van der Waals surface area contributed by atoms with Crippen molar-refractivity contribution in [2.75, 3.05) is 7.11 Å². The zero-order valence-corrected chi connectivity index (χ0v) is 10.5. The van der Waals surface area contributed by atoms with E-state index in [4.69, 9.17) is 4.74 Å². The van der Waals surface area contributed by atoms with Crippen molar-refractivity contribution in [2.45, 2.75) is 26.7 Å². The molecule has 0 saturated heterocycles. The summed E-state index contributed by atoms with van der Waals surface area (Å²) in [7, 11) is 3.67. The molecule has 86 valence electrons. The molecule has 1 aromatic carbocycles. The van der Waals surface area contributed by atoms with Crippen LogP contribution in [-0.2, 0) is 7.05 Å². The van der Waals surface area contributed by atoms with Crippen molar-refractivity contribution in [2.24, 2.45) is 7.05 Å². The van der Waals surface area contributed by atoms with Gasteiger partial charge in [0.15, 0.2) is 0 Å². The second-order valence-electron chi connectivity index (χ2n) is 4.52. The van der Waals surface area contributed by atoms with Gasteiger partial charge in [-0.2, -0.15) is 5.10 Å². The van der Waals surface area contributed by atoms with E-state index in [1.807, 2.05) is 17.9 Å². The van der Waals surface area contributed by atoms with Gasteiger partial charge in [0.05, 0.1) is 12.6 Å². The fraction of sp³-hybridized carbons (Fsp3) is 0.462. The van der Waals surface area contributed by atoms with E-state index in [2.05, 4.69) is 31.9 Å². The maximum atomic E-state index is 5.51. The van der Waals surface area contributed by atoms with Crippen LogP contribution in [0.2, 0.25) is 0 Å². The number of fused-ring (bicyclic) bond motifs is 1. The summed E-state index contributed by atoms with van der Waals surface area (Å²) in [5.41, 5.74) is 3.41. The Balaban J connectivity index is 2.80. The van der Waals surface area contributed by atoms with E-state index in [0.29, 0.717) is 5.92 Å². The Morgan fingerprint density at radius 3 is 2.62 bits per heavy atom. The highest BCUT2D eigenvalue weighted by atomic mass is 16.5. The Hall–Kier alpha value is -1.51. The molecule has 16 heavy (non-hydrogen) atoms. The number of methoxy groups -OCH3 is 1. The predicted octanol–water partition coefficient (Wildman–Crippen LogP) is 3.01. The number of nitrogens with zero attached hydrogens (tertiary/aromatic N) is 2. The van der Waals surface area contributed by atoms with Gasteiger partial charge in [0.25, 0.3) is 0 Å². The molecule has 2 aromatic rings. The van der Waals surface area contributed by atoms with Crippen molar-refractivity contribution in [3.8, 4) is 5.75 Å². The van der Waals surface area contributed by atoms with Crippen LogP contribution in [0.3, 0.4) is 0 Å². The first-order chi connectivity index (χ1) is 7.54. The first kappa shape index (κ1) is 11.0. The first-order valence-corrected chi connectivity index (χ1v) is 5.55. The van der Waals surface area contributed by atoms with Gasteiger partial charge in [-0.3, -0.25) is 4.68 Å². The van der Waals surface area contributed by atoms with Gasteiger partial charge in [0.1, 0.15) is 5.75 Å². The van der Waals surface area contributed by atoms with E-state index < -0.39 is 0 Å². The molecule has 0 atom stereocenters. The van der Waals surface area contributed by atoms with Crippen LogP contribution in [0, 0.1) is 6.92 Å². The molecule has 2 rings (SSSR count). The molecule has 0 aliphatic rings. The highest BCUT2D eigenvalue weighted by Crippen LogP contribution is 2.34. The van der Waals surface area contributed by atoms with Gasteiger partial charge in [-0.05, 0) is 24.5 Å². The first-order valence-electron chi connectivity index (χ1n) is 5.55. The molecular weight excluding hydrogens is 200 g/mol. The summed E-state index contributed by atoms with van der Waals surface area (Å²) >= 11 is 0. The molecule has 0 unspecified atom stereocenters. The Kier molecular flexibility index (Phi) is 2.62. The van der Waals surface area contributed by atoms with Crippen molar-refractivity contribution >= 4 is 10.9 Å². The summed E-state index contributed by atoms with van der Waals surface area (Å²) in [4.78, 5) is 0. The van der Waals surface area contributed by atoms with E-state index >= 15 is 0 Å². The van der Waals surface area contributed by atoms with Crippen molar-refractivity contribution in [3.63, 3.8) is 0 Å². The average Bonchev–Trinajstić information content (AvgIpc) is 2.58. The number of ether oxygens (including phenoxy) is 1. The van der Waals surface area contributed by atoms with Crippen molar-refractivity contribution in [1.82, 2.24) is 9.78 Å². The lowest BCUT2D eigenvalue weighted by Crippen LogP contribution is -1.97. The molecule has 0 aliphatic heterocycles. The van der Waals surface area contributed by atoms with Crippen molar-refractivity contribution in [3.05, 3.63) is 23.4 Å². The van der Waals surface area contributed by atoms with E-state index in [1.165, 1.54) is 10.9 Å². The Labute approximate surface area is 96.0 Å². The van der Waals surface area contributed by atoms with Gasteiger partial charge in [-0.1, -0.05) is 13.8 Å². The van der Waals surface area contributed by atoms with Crippen LogP contribution in [0.25, 0.3) is 10.9 Å². The van der Waals surface area contributed by atoms with Gasteiger partial charge in [0, 0.05) is 24.2 Å². The minimum Gasteiger partial charge on any atom is -0.496 e. The highest BCUT2D eigenvalue weighted by Gasteiger charge is 2.15. The quantitative estimate of drug-likeness (QED) is 0.774.